The monoisotopic (exact) mass is 342 g/mol. The topological polar surface area (TPSA) is 50.6 Å². The minimum Gasteiger partial charge on any atom is -0.374 e. The molecule has 1 unspecified atom stereocenters. The molecule has 5 heteroatoms. The quantitative estimate of drug-likeness (QED) is 0.418. The zero-order chi connectivity index (χ0) is 17.9. The molecule has 25 heavy (non-hydrogen) atoms. The first kappa shape index (κ1) is 19.1. The van der Waals surface area contributed by atoms with Crippen LogP contribution in [0.2, 0.25) is 0 Å². The summed E-state index contributed by atoms with van der Waals surface area (Å²) < 4.78 is 7.94. The van der Waals surface area contributed by atoms with E-state index in [1.54, 1.807) is 0 Å². The van der Waals surface area contributed by atoms with E-state index >= 15 is 0 Å². The van der Waals surface area contributed by atoms with E-state index in [1.807, 2.05) is 36.0 Å². The summed E-state index contributed by atoms with van der Waals surface area (Å²) in [6, 6.07) is 12.4. The number of nitrogens with one attached hydrogen (secondary N) is 2. The first-order valence-electron chi connectivity index (χ1n) is 8.98. The molecule has 0 saturated carbocycles. The molecule has 2 aromatic rings. The Bertz CT molecular complexity index is 636. The molecule has 0 radical (unpaired) electrons. The molecular formula is C20H30N4O. The van der Waals surface area contributed by atoms with E-state index in [1.165, 1.54) is 11.1 Å². The second-order valence-electron chi connectivity index (χ2n) is 6.08. The Morgan fingerprint density at radius 1 is 1.20 bits per heavy atom. The number of benzene rings is 1. The third-order valence-electron chi connectivity index (χ3n) is 3.91. The molecule has 0 amide bonds. The van der Waals surface area contributed by atoms with Gasteiger partial charge in [0.1, 0.15) is 0 Å². The summed E-state index contributed by atoms with van der Waals surface area (Å²) in [6.45, 7) is 7.25. The maximum absolute atomic E-state index is 5.90. The molecule has 5 nitrogen and oxygen atoms in total. The minimum absolute atomic E-state index is 0.126. The lowest BCUT2D eigenvalue weighted by molar-refractivity contribution is 0.0646. The lowest BCUT2D eigenvalue weighted by atomic mass is 10.1. The van der Waals surface area contributed by atoms with E-state index in [2.05, 4.69) is 53.9 Å². The van der Waals surface area contributed by atoms with Crippen LogP contribution >= 0.6 is 0 Å². The molecule has 0 saturated heterocycles. The van der Waals surface area contributed by atoms with Crippen molar-refractivity contribution >= 4 is 5.96 Å². The first-order valence-corrected chi connectivity index (χ1v) is 8.98. The number of hydrogen-bond donors (Lipinski definition) is 2. The van der Waals surface area contributed by atoms with Gasteiger partial charge in [0.15, 0.2) is 5.96 Å². The van der Waals surface area contributed by atoms with Gasteiger partial charge in [0.25, 0.3) is 0 Å². The summed E-state index contributed by atoms with van der Waals surface area (Å²) in [7, 11) is 2.02. The van der Waals surface area contributed by atoms with E-state index < -0.39 is 0 Å². The maximum Gasteiger partial charge on any atom is 0.191 e. The van der Waals surface area contributed by atoms with Gasteiger partial charge >= 0.3 is 0 Å². The smallest absolute Gasteiger partial charge is 0.191 e. The highest BCUT2D eigenvalue weighted by Crippen LogP contribution is 2.15. The minimum atomic E-state index is 0.126. The van der Waals surface area contributed by atoms with E-state index in [-0.39, 0.29) is 6.10 Å². The van der Waals surface area contributed by atoms with Crippen LogP contribution in [0, 0.1) is 0 Å². The van der Waals surface area contributed by atoms with Crippen LogP contribution in [-0.2, 0) is 18.3 Å². The zero-order valence-electron chi connectivity index (χ0n) is 15.5. The van der Waals surface area contributed by atoms with Crippen molar-refractivity contribution in [1.82, 2.24) is 15.2 Å². The predicted molar refractivity (Wildman–Crippen MR) is 104 cm³/mol. The van der Waals surface area contributed by atoms with Crippen molar-refractivity contribution in [1.29, 1.82) is 0 Å². The summed E-state index contributed by atoms with van der Waals surface area (Å²) >= 11 is 0. The van der Waals surface area contributed by atoms with Crippen LogP contribution in [0.1, 0.15) is 37.5 Å². The zero-order valence-corrected chi connectivity index (χ0v) is 15.5. The number of aliphatic imine (C=N–C) groups is 1. The summed E-state index contributed by atoms with van der Waals surface area (Å²) in [4.78, 5) is 4.62. The highest BCUT2D eigenvalue weighted by atomic mass is 16.5. The van der Waals surface area contributed by atoms with E-state index in [0.29, 0.717) is 6.54 Å². The standard InChI is InChI=1S/C20H30N4O/c1-4-21-20(23-15-18-11-13-24(3)16-18)22-12-8-14-25-17(2)19-9-6-5-7-10-19/h5-7,9-11,13,16-17H,4,8,12,14-15H2,1-3H3,(H2,21,22,23). The molecule has 0 spiro atoms. The second kappa shape index (κ2) is 10.6. The van der Waals surface area contributed by atoms with Gasteiger partial charge in [-0.3, -0.25) is 0 Å². The maximum atomic E-state index is 5.90. The highest BCUT2D eigenvalue weighted by molar-refractivity contribution is 5.79. The molecular weight excluding hydrogens is 312 g/mol. The fourth-order valence-corrected chi connectivity index (χ4v) is 2.53. The van der Waals surface area contributed by atoms with Crippen molar-refractivity contribution in [2.75, 3.05) is 19.7 Å². The molecule has 1 aromatic heterocycles. The average molecular weight is 342 g/mol. The van der Waals surface area contributed by atoms with Crippen molar-refractivity contribution in [3.05, 3.63) is 59.9 Å². The van der Waals surface area contributed by atoms with Gasteiger partial charge in [-0.2, -0.15) is 0 Å². The van der Waals surface area contributed by atoms with Crippen LogP contribution < -0.4 is 10.6 Å². The van der Waals surface area contributed by atoms with Crippen molar-refractivity contribution in [2.24, 2.45) is 12.0 Å². The fraction of sp³-hybridized carbons (Fsp3) is 0.450. The lowest BCUT2D eigenvalue weighted by Crippen LogP contribution is -2.38. The molecule has 1 heterocycles. The van der Waals surface area contributed by atoms with E-state index in [4.69, 9.17) is 4.74 Å². The van der Waals surface area contributed by atoms with Crippen LogP contribution in [0.25, 0.3) is 0 Å². The summed E-state index contributed by atoms with van der Waals surface area (Å²) in [5, 5.41) is 6.64. The number of aromatic nitrogens is 1. The fourth-order valence-electron chi connectivity index (χ4n) is 2.53. The van der Waals surface area contributed by atoms with Gasteiger partial charge in [-0.25, -0.2) is 4.99 Å². The normalized spacial score (nSPS) is 12.8. The molecule has 1 atom stereocenters. The largest absolute Gasteiger partial charge is 0.374 e. The Labute approximate surface area is 151 Å². The number of aryl methyl sites for hydroxylation is 1. The van der Waals surface area contributed by atoms with Crippen LogP contribution in [0.4, 0.5) is 0 Å². The van der Waals surface area contributed by atoms with Crippen molar-refractivity contribution in [3.63, 3.8) is 0 Å². The van der Waals surface area contributed by atoms with Gasteiger partial charge < -0.3 is 19.9 Å². The van der Waals surface area contributed by atoms with Gasteiger partial charge in [0.05, 0.1) is 12.6 Å². The molecule has 136 valence electrons. The van der Waals surface area contributed by atoms with Gasteiger partial charge in [-0.1, -0.05) is 30.3 Å². The van der Waals surface area contributed by atoms with Gasteiger partial charge in [-0.05, 0) is 37.5 Å². The molecule has 0 bridgehead atoms. The third-order valence-corrected chi connectivity index (χ3v) is 3.91. The van der Waals surface area contributed by atoms with Crippen molar-refractivity contribution in [3.8, 4) is 0 Å². The number of ether oxygens (including phenoxy) is 1. The SMILES string of the molecule is CCNC(=NCc1ccn(C)c1)NCCCOC(C)c1ccccc1. The van der Waals surface area contributed by atoms with E-state index in [9.17, 15) is 0 Å². The molecule has 0 aliphatic carbocycles. The molecule has 0 fully saturated rings. The third kappa shape index (κ3) is 7.01. The Kier molecular flexibility index (Phi) is 8.05. The van der Waals surface area contributed by atoms with Crippen LogP contribution in [0.5, 0.6) is 0 Å². The van der Waals surface area contributed by atoms with Crippen LogP contribution in [-0.4, -0.2) is 30.2 Å². The number of hydrogen-bond acceptors (Lipinski definition) is 2. The molecule has 2 N–H and O–H groups in total. The van der Waals surface area contributed by atoms with Gasteiger partial charge in [0, 0.05) is 39.1 Å². The van der Waals surface area contributed by atoms with Crippen molar-refractivity contribution < 1.29 is 4.74 Å². The first-order chi connectivity index (χ1) is 12.2. The summed E-state index contributed by atoms with van der Waals surface area (Å²) in [5.74, 6) is 0.850. The Hall–Kier alpha value is -2.27. The Morgan fingerprint density at radius 2 is 2.00 bits per heavy atom. The highest BCUT2D eigenvalue weighted by Gasteiger charge is 2.04. The van der Waals surface area contributed by atoms with Crippen molar-refractivity contribution in [2.45, 2.75) is 32.9 Å². The average Bonchev–Trinajstić information content (AvgIpc) is 3.05. The molecule has 0 aliphatic heterocycles. The van der Waals surface area contributed by atoms with Crippen LogP contribution in [0.15, 0.2) is 53.8 Å². The number of nitrogens with zero attached hydrogens (tertiary/aromatic N) is 2. The number of guanidine groups is 1. The second-order valence-corrected chi connectivity index (χ2v) is 6.08. The van der Waals surface area contributed by atoms with Crippen LogP contribution in [0.3, 0.4) is 0 Å². The Balaban J connectivity index is 1.68. The summed E-state index contributed by atoms with van der Waals surface area (Å²) in [5.41, 5.74) is 2.42. The summed E-state index contributed by atoms with van der Waals surface area (Å²) in [6.07, 6.45) is 5.19. The number of rotatable bonds is 9. The molecule has 0 aliphatic rings. The predicted octanol–water partition coefficient (Wildman–Crippen LogP) is 3.25. The van der Waals surface area contributed by atoms with Gasteiger partial charge in [-0.15, -0.1) is 0 Å². The van der Waals surface area contributed by atoms with Gasteiger partial charge in [0.2, 0.25) is 0 Å². The Morgan fingerprint density at radius 3 is 2.68 bits per heavy atom. The molecule has 1 aromatic carbocycles. The van der Waals surface area contributed by atoms with E-state index in [0.717, 1.165) is 32.1 Å². The lowest BCUT2D eigenvalue weighted by Gasteiger charge is -2.14. The molecule has 2 rings (SSSR count).